The Bertz CT molecular complexity index is 966. The van der Waals surface area contributed by atoms with Crippen molar-refractivity contribution < 1.29 is 14.6 Å². The van der Waals surface area contributed by atoms with Crippen LogP contribution in [0.3, 0.4) is 0 Å². The van der Waals surface area contributed by atoms with E-state index in [9.17, 15) is 9.90 Å². The predicted molar refractivity (Wildman–Crippen MR) is 97.0 cm³/mol. The van der Waals surface area contributed by atoms with Gasteiger partial charge in [0.2, 0.25) is 0 Å². The van der Waals surface area contributed by atoms with Crippen LogP contribution in [-0.4, -0.2) is 23.1 Å². The van der Waals surface area contributed by atoms with Gasteiger partial charge in [-0.2, -0.15) is 0 Å². The summed E-state index contributed by atoms with van der Waals surface area (Å²) in [4.78, 5) is 18.6. The number of nitrogens with one attached hydrogen (secondary N) is 2. The molecule has 1 amide bonds. The van der Waals surface area contributed by atoms with Crippen LogP contribution in [0.1, 0.15) is 32.7 Å². The second-order valence-electron chi connectivity index (χ2n) is 5.98. The van der Waals surface area contributed by atoms with Gasteiger partial charge in [0.25, 0.3) is 5.91 Å². The Hall–Kier alpha value is -2.64. The summed E-state index contributed by atoms with van der Waals surface area (Å²) in [5, 5.41) is 16.8. The lowest BCUT2D eigenvalue weighted by Gasteiger charge is -2.26. The fraction of sp³-hybridized carbons (Fsp3) is 0.222. The molecule has 1 aliphatic rings. The van der Waals surface area contributed by atoms with Crippen molar-refractivity contribution in [3.63, 3.8) is 0 Å². The first-order valence-corrected chi connectivity index (χ1v) is 8.66. The number of benzene rings is 1. The summed E-state index contributed by atoms with van der Waals surface area (Å²) >= 11 is 1.38. The number of aromatic nitrogens is 1. The highest BCUT2D eigenvalue weighted by molar-refractivity contribution is 7.21. The summed E-state index contributed by atoms with van der Waals surface area (Å²) in [6.07, 6.45) is -0.366. The molecule has 3 aromatic rings. The predicted octanol–water partition coefficient (Wildman–Crippen LogP) is 3.31. The van der Waals surface area contributed by atoms with E-state index in [1.807, 2.05) is 13.0 Å². The van der Waals surface area contributed by atoms with Crippen LogP contribution >= 0.6 is 11.3 Å². The number of aromatic hydroxyl groups is 1. The lowest BCUT2D eigenvalue weighted by molar-refractivity contribution is 0.0940. The van der Waals surface area contributed by atoms with Crippen molar-refractivity contribution in [1.29, 1.82) is 0 Å². The van der Waals surface area contributed by atoms with Gasteiger partial charge in [-0.25, -0.2) is 4.98 Å². The van der Waals surface area contributed by atoms with Crippen LogP contribution in [0.4, 0.5) is 5.69 Å². The average Bonchev–Trinajstić information content (AvgIpc) is 2.94. The Morgan fingerprint density at radius 3 is 2.76 bits per heavy atom. The highest BCUT2D eigenvalue weighted by atomic mass is 32.1. The van der Waals surface area contributed by atoms with Gasteiger partial charge in [-0.15, -0.1) is 11.3 Å². The van der Waals surface area contributed by atoms with Crippen LogP contribution in [0.25, 0.3) is 10.2 Å². The lowest BCUT2D eigenvalue weighted by Crippen LogP contribution is -2.37. The van der Waals surface area contributed by atoms with Gasteiger partial charge >= 0.3 is 0 Å². The smallest absolute Gasteiger partial charge is 0.265 e. The summed E-state index contributed by atoms with van der Waals surface area (Å²) < 4.78 is 5.32. The highest BCUT2D eigenvalue weighted by Crippen LogP contribution is 2.41. The minimum atomic E-state index is -0.366. The van der Waals surface area contributed by atoms with Crippen molar-refractivity contribution in [3.05, 3.63) is 52.0 Å². The third kappa shape index (κ3) is 2.71. The molecule has 1 aromatic carbocycles. The number of carbonyl (C=O) groups excluding carboxylic acids is 1. The Morgan fingerprint density at radius 1 is 1.28 bits per heavy atom. The molecule has 0 radical (unpaired) electrons. The van der Waals surface area contributed by atoms with Crippen LogP contribution in [-0.2, 0) is 11.3 Å². The van der Waals surface area contributed by atoms with Gasteiger partial charge in [0, 0.05) is 18.2 Å². The summed E-state index contributed by atoms with van der Waals surface area (Å²) in [5.41, 5.74) is 3.56. The molecule has 0 spiro atoms. The minimum Gasteiger partial charge on any atom is -0.508 e. The van der Waals surface area contributed by atoms with E-state index in [2.05, 4.69) is 15.6 Å². The number of hydrogen-bond acceptors (Lipinski definition) is 6. The molecule has 0 fully saturated rings. The van der Waals surface area contributed by atoms with Gasteiger partial charge < -0.3 is 20.5 Å². The average molecular weight is 355 g/mol. The maximum Gasteiger partial charge on any atom is 0.265 e. The molecule has 0 unspecified atom stereocenters. The largest absolute Gasteiger partial charge is 0.508 e. The van der Waals surface area contributed by atoms with Crippen molar-refractivity contribution in [1.82, 2.24) is 10.3 Å². The summed E-state index contributed by atoms with van der Waals surface area (Å²) in [6.45, 7) is 2.39. The van der Waals surface area contributed by atoms with E-state index < -0.39 is 0 Å². The molecule has 4 rings (SSSR count). The molecular formula is C18H17N3O3S. The van der Waals surface area contributed by atoms with E-state index in [0.717, 1.165) is 32.7 Å². The monoisotopic (exact) mass is 355 g/mol. The van der Waals surface area contributed by atoms with Crippen molar-refractivity contribution in [2.75, 3.05) is 12.4 Å². The normalized spacial score (nSPS) is 16.4. The second kappa shape index (κ2) is 6.02. The maximum absolute atomic E-state index is 12.6. The number of methoxy groups -OCH3 is 1. The maximum atomic E-state index is 12.6. The number of ether oxygens (including phenoxy) is 1. The molecule has 2 aromatic heterocycles. The molecule has 1 atom stereocenters. The Morgan fingerprint density at radius 2 is 2.04 bits per heavy atom. The van der Waals surface area contributed by atoms with E-state index in [-0.39, 0.29) is 17.8 Å². The van der Waals surface area contributed by atoms with Crippen LogP contribution < -0.4 is 10.6 Å². The zero-order valence-electron chi connectivity index (χ0n) is 13.8. The SMILES string of the molecule is COCc1cc(C)nc2sc3c(c12)N[C@H](c1ccc(O)cc1)NC3=O. The van der Waals surface area contributed by atoms with E-state index in [1.54, 1.807) is 31.4 Å². The third-order valence-electron chi connectivity index (χ3n) is 4.17. The van der Waals surface area contributed by atoms with Gasteiger partial charge in [-0.1, -0.05) is 12.1 Å². The van der Waals surface area contributed by atoms with Gasteiger partial charge in [0.05, 0.1) is 12.3 Å². The number of aryl methyl sites for hydroxylation is 1. The van der Waals surface area contributed by atoms with Crippen molar-refractivity contribution in [2.24, 2.45) is 0 Å². The molecule has 3 heterocycles. The molecule has 25 heavy (non-hydrogen) atoms. The standard InChI is InChI=1S/C18H17N3O3S/c1-9-7-11(8-24-2)13-14-15(25-18(13)19-9)17(23)21-16(20-14)10-3-5-12(22)6-4-10/h3-7,16,20,22H,8H2,1-2H3,(H,21,23)/t16-/m0/s1. The Labute approximate surface area is 148 Å². The number of nitrogens with zero attached hydrogens (tertiary/aromatic N) is 1. The fourth-order valence-electron chi connectivity index (χ4n) is 3.09. The zero-order chi connectivity index (χ0) is 17.6. The Balaban J connectivity index is 1.84. The number of hydrogen-bond donors (Lipinski definition) is 3. The van der Waals surface area contributed by atoms with Gasteiger partial charge in [0.15, 0.2) is 0 Å². The van der Waals surface area contributed by atoms with Crippen LogP contribution in [0.15, 0.2) is 30.3 Å². The van der Waals surface area contributed by atoms with Crippen LogP contribution in [0.2, 0.25) is 0 Å². The van der Waals surface area contributed by atoms with Crippen LogP contribution in [0, 0.1) is 6.92 Å². The van der Waals surface area contributed by atoms with Crippen molar-refractivity contribution >= 4 is 33.1 Å². The molecule has 0 aliphatic carbocycles. The first kappa shape index (κ1) is 15.9. The molecule has 0 saturated carbocycles. The number of fused-ring (bicyclic) bond motifs is 3. The molecule has 7 heteroatoms. The lowest BCUT2D eigenvalue weighted by atomic mass is 10.1. The van der Waals surface area contributed by atoms with Gasteiger partial charge in [-0.05, 0) is 36.2 Å². The molecule has 0 saturated heterocycles. The number of phenols is 1. The minimum absolute atomic E-state index is 0.129. The van der Waals surface area contributed by atoms with E-state index >= 15 is 0 Å². The molecule has 1 aliphatic heterocycles. The number of rotatable bonds is 3. The number of thiophene rings is 1. The van der Waals surface area contributed by atoms with Crippen molar-refractivity contribution in [3.8, 4) is 5.75 Å². The summed E-state index contributed by atoms with van der Waals surface area (Å²) in [6, 6.07) is 8.76. The molecule has 3 N–H and O–H groups in total. The first-order chi connectivity index (χ1) is 12.1. The summed E-state index contributed by atoms with van der Waals surface area (Å²) in [5.74, 6) is 0.0606. The van der Waals surface area contributed by atoms with Gasteiger partial charge in [0.1, 0.15) is 21.6 Å². The number of phenolic OH excluding ortho intramolecular Hbond substituents is 1. The van der Waals surface area contributed by atoms with E-state index in [0.29, 0.717) is 11.5 Å². The Kier molecular flexibility index (Phi) is 3.82. The summed E-state index contributed by atoms with van der Waals surface area (Å²) in [7, 11) is 1.65. The first-order valence-electron chi connectivity index (χ1n) is 7.85. The highest BCUT2D eigenvalue weighted by Gasteiger charge is 2.30. The third-order valence-corrected chi connectivity index (χ3v) is 5.25. The second-order valence-corrected chi connectivity index (χ2v) is 6.98. The molecule has 6 nitrogen and oxygen atoms in total. The number of anilines is 1. The molecule has 0 bridgehead atoms. The van der Waals surface area contributed by atoms with Crippen LogP contribution in [0.5, 0.6) is 5.75 Å². The van der Waals surface area contributed by atoms with E-state index in [1.165, 1.54) is 11.3 Å². The van der Waals surface area contributed by atoms with E-state index in [4.69, 9.17) is 4.74 Å². The van der Waals surface area contributed by atoms with Gasteiger partial charge in [-0.3, -0.25) is 4.79 Å². The number of pyridine rings is 1. The fourth-order valence-corrected chi connectivity index (χ4v) is 4.22. The quantitative estimate of drug-likeness (QED) is 0.671. The molecule has 128 valence electrons. The van der Waals surface area contributed by atoms with Crippen molar-refractivity contribution in [2.45, 2.75) is 19.7 Å². The molecular weight excluding hydrogens is 338 g/mol. The number of carbonyl (C=O) groups is 1. The topological polar surface area (TPSA) is 83.5 Å². The number of amides is 1. The zero-order valence-corrected chi connectivity index (χ0v) is 14.6.